The molecule has 2 rings (SSSR count). The highest BCUT2D eigenvalue weighted by atomic mass is 79.9. The predicted molar refractivity (Wildman–Crippen MR) is 69.4 cm³/mol. The number of aromatic nitrogens is 2. The molecule has 0 bridgehead atoms. The van der Waals surface area contributed by atoms with Gasteiger partial charge in [0.1, 0.15) is 0 Å². The zero-order valence-corrected chi connectivity index (χ0v) is 11.0. The first-order valence-corrected chi connectivity index (χ1v) is 5.93. The molecule has 0 aliphatic rings. The van der Waals surface area contributed by atoms with E-state index in [1.807, 2.05) is 37.0 Å². The molecule has 0 aliphatic carbocycles. The van der Waals surface area contributed by atoms with Crippen molar-refractivity contribution in [3.63, 3.8) is 0 Å². The summed E-state index contributed by atoms with van der Waals surface area (Å²) in [7, 11) is 1.93. The van der Waals surface area contributed by atoms with Crippen molar-refractivity contribution in [1.29, 1.82) is 0 Å². The third kappa shape index (κ3) is 2.64. The van der Waals surface area contributed by atoms with Crippen LogP contribution in [0.2, 0.25) is 0 Å². The van der Waals surface area contributed by atoms with Crippen LogP contribution in [-0.4, -0.2) is 9.78 Å². The number of hydrogen-bond donors (Lipinski definition) is 1. The summed E-state index contributed by atoms with van der Waals surface area (Å²) < 4.78 is 2.92. The monoisotopic (exact) mass is 279 g/mol. The second kappa shape index (κ2) is 4.70. The van der Waals surface area contributed by atoms with Gasteiger partial charge in [-0.1, -0.05) is 28.1 Å². The molecule has 0 spiro atoms. The fourth-order valence-electron chi connectivity index (χ4n) is 1.62. The van der Waals surface area contributed by atoms with Gasteiger partial charge >= 0.3 is 0 Å². The number of nitrogens with one attached hydrogen (secondary N) is 1. The third-order valence-corrected chi connectivity index (χ3v) is 2.88. The summed E-state index contributed by atoms with van der Waals surface area (Å²) in [6, 6.07) is 8.28. The van der Waals surface area contributed by atoms with Gasteiger partial charge in [0.15, 0.2) is 0 Å². The molecule has 0 saturated carbocycles. The van der Waals surface area contributed by atoms with Crippen molar-refractivity contribution in [3.05, 3.63) is 46.2 Å². The van der Waals surface area contributed by atoms with Crippen molar-refractivity contribution in [2.24, 2.45) is 7.05 Å². The number of anilines is 1. The van der Waals surface area contributed by atoms with Gasteiger partial charge in [0.2, 0.25) is 0 Å². The van der Waals surface area contributed by atoms with E-state index in [4.69, 9.17) is 0 Å². The van der Waals surface area contributed by atoms with E-state index >= 15 is 0 Å². The lowest BCUT2D eigenvalue weighted by Crippen LogP contribution is -1.99. The Balaban J connectivity index is 2.05. The van der Waals surface area contributed by atoms with Crippen LogP contribution in [0.5, 0.6) is 0 Å². The van der Waals surface area contributed by atoms with Crippen LogP contribution in [0.1, 0.15) is 11.3 Å². The van der Waals surface area contributed by atoms with Crippen LogP contribution in [-0.2, 0) is 13.6 Å². The molecule has 0 saturated heterocycles. The van der Waals surface area contributed by atoms with Crippen molar-refractivity contribution in [3.8, 4) is 0 Å². The van der Waals surface area contributed by atoms with E-state index in [1.165, 1.54) is 5.56 Å². The fraction of sp³-hybridized carbons (Fsp3) is 0.250. The number of benzene rings is 1. The normalized spacial score (nSPS) is 10.4. The van der Waals surface area contributed by atoms with Gasteiger partial charge in [0, 0.05) is 24.3 Å². The molecular formula is C12H14BrN3. The molecule has 1 N–H and O–H groups in total. The Kier molecular flexibility index (Phi) is 3.29. The highest BCUT2D eigenvalue weighted by Gasteiger charge is 2.02. The van der Waals surface area contributed by atoms with Crippen molar-refractivity contribution < 1.29 is 0 Å². The highest BCUT2D eigenvalue weighted by molar-refractivity contribution is 9.10. The molecule has 3 nitrogen and oxygen atoms in total. The van der Waals surface area contributed by atoms with Gasteiger partial charge in [-0.15, -0.1) is 0 Å². The zero-order chi connectivity index (χ0) is 11.5. The minimum absolute atomic E-state index is 0.811. The largest absolute Gasteiger partial charge is 0.378 e. The third-order valence-electron chi connectivity index (χ3n) is 2.39. The minimum atomic E-state index is 0.811. The lowest BCUT2D eigenvalue weighted by molar-refractivity contribution is 0.756. The molecule has 0 amide bonds. The van der Waals surface area contributed by atoms with Crippen LogP contribution in [0.4, 0.5) is 5.69 Å². The molecule has 84 valence electrons. The van der Waals surface area contributed by atoms with Crippen molar-refractivity contribution >= 4 is 21.6 Å². The Morgan fingerprint density at radius 2 is 2.25 bits per heavy atom. The number of halogens is 1. The Hall–Kier alpha value is -1.29. The Morgan fingerprint density at radius 1 is 1.44 bits per heavy atom. The van der Waals surface area contributed by atoms with Crippen molar-refractivity contribution in [2.45, 2.75) is 13.5 Å². The standard InChI is InChI=1S/C12H14BrN3/c1-9-12(8-16(2)15-9)14-7-10-4-3-5-11(13)6-10/h3-6,8,14H,7H2,1-2H3. The van der Waals surface area contributed by atoms with E-state index in [0.717, 1.165) is 22.4 Å². The van der Waals surface area contributed by atoms with Crippen LogP contribution in [0, 0.1) is 6.92 Å². The van der Waals surface area contributed by atoms with E-state index in [1.54, 1.807) is 0 Å². The van der Waals surface area contributed by atoms with E-state index in [-0.39, 0.29) is 0 Å². The first kappa shape index (κ1) is 11.2. The van der Waals surface area contributed by atoms with E-state index in [2.05, 4.69) is 38.5 Å². The predicted octanol–water partition coefficient (Wildman–Crippen LogP) is 3.10. The number of hydrogen-bond acceptors (Lipinski definition) is 2. The molecule has 4 heteroatoms. The van der Waals surface area contributed by atoms with Gasteiger partial charge in [0.05, 0.1) is 11.4 Å². The molecule has 0 aliphatic heterocycles. The molecule has 0 atom stereocenters. The second-order valence-corrected chi connectivity index (χ2v) is 4.70. The molecule has 0 unspecified atom stereocenters. The first-order valence-electron chi connectivity index (χ1n) is 5.14. The van der Waals surface area contributed by atoms with Gasteiger partial charge in [0.25, 0.3) is 0 Å². The zero-order valence-electron chi connectivity index (χ0n) is 9.37. The molecule has 0 radical (unpaired) electrons. The summed E-state index contributed by atoms with van der Waals surface area (Å²) in [6.07, 6.45) is 1.99. The molecule has 0 fully saturated rings. The Labute approximate surface area is 104 Å². The van der Waals surface area contributed by atoms with Crippen molar-refractivity contribution in [1.82, 2.24) is 9.78 Å². The molecule has 1 aromatic carbocycles. The van der Waals surface area contributed by atoms with Crippen molar-refractivity contribution in [2.75, 3.05) is 5.32 Å². The van der Waals surface area contributed by atoms with Gasteiger partial charge in [-0.2, -0.15) is 5.10 Å². The number of aryl methyl sites for hydroxylation is 2. The lowest BCUT2D eigenvalue weighted by Gasteiger charge is -2.05. The maximum atomic E-state index is 4.29. The summed E-state index contributed by atoms with van der Waals surface area (Å²) in [5.74, 6) is 0. The molecule has 1 aromatic heterocycles. The Morgan fingerprint density at radius 3 is 2.88 bits per heavy atom. The lowest BCUT2D eigenvalue weighted by atomic mass is 10.2. The number of rotatable bonds is 3. The van der Waals surface area contributed by atoms with Gasteiger partial charge in [-0.05, 0) is 24.6 Å². The summed E-state index contributed by atoms with van der Waals surface area (Å²) in [4.78, 5) is 0. The smallest absolute Gasteiger partial charge is 0.0825 e. The SMILES string of the molecule is Cc1nn(C)cc1NCc1cccc(Br)c1. The van der Waals surface area contributed by atoms with E-state index < -0.39 is 0 Å². The minimum Gasteiger partial charge on any atom is -0.378 e. The average Bonchev–Trinajstić information content (AvgIpc) is 2.54. The van der Waals surface area contributed by atoms with E-state index in [9.17, 15) is 0 Å². The van der Waals surface area contributed by atoms with Gasteiger partial charge in [-0.25, -0.2) is 0 Å². The van der Waals surface area contributed by atoms with Crippen LogP contribution in [0.15, 0.2) is 34.9 Å². The molecule has 2 aromatic rings. The molecular weight excluding hydrogens is 266 g/mol. The van der Waals surface area contributed by atoms with Gasteiger partial charge in [-0.3, -0.25) is 4.68 Å². The first-order chi connectivity index (χ1) is 7.65. The maximum absolute atomic E-state index is 4.29. The van der Waals surface area contributed by atoms with Crippen LogP contribution in [0.25, 0.3) is 0 Å². The summed E-state index contributed by atoms with van der Waals surface area (Å²) in [5.41, 5.74) is 3.36. The van der Waals surface area contributed by atoms with Crippen LogP contribution >= 0.6 is 15.9 Å². The molecule has 16 heavy (non-hydrogen) atoms. The van der Waals surface area contributed by atoms with E-state index in [0.29, 0.717) is 0 Å². The average molecular weight is 280 g/mol. The fourth-order valence-corrected chi connectivity index (χ4v) is 2.06. The van der Waals surface area contributed by atoms with Crippen LogP contribution < -0.4 is 5.32 Å². The summed E-state index contributed by atoms with van der Waals surface area (Å²) in [6.45, 7) is 2.81. The molecule has 1 heterocycles. The number of nitrogens with zero attached hydrogens (tertiary/aromatic N) is 2. The Bertz CT molecular complexity index is 491. The summed E-state index contributed by atoms with van der Waals surface area (Å²) >= 11 is 3.46. The summed E-state index contributed by atoms with van der Waals surface area (Å²) in [5, 5.41) is 7.66. The topological polar surface area (TPSA) is 29.9 Å². The second-order valence-electron chi connectivity index (χ2n) is 3.79. The highest BCUT2D eigenvalue weighted by Crippen LogP contribution is 2.15. The van der Waals surface area contributed by atoms with Crippen LogP contribution in [0.3, 0.4) is 0 Å². The van der Waals surface area contributed by atoms with Gasteiger partial charge < -0.3 is 5.32 Å². The maximum Gasteiger partial charge on any atom is 0.0825 e. The quantitative estimate of drug-likeness (QED) is 0.936.